The second kappa shape index (κ2) is 6.06. The molecule has 0 bridgehead atoms. The average molecular weight is 309 g/mol. The average Bonchev–Trinajstić information content (AvgIpc) is 2.97. The zero-order chi connectivity index (χ0) is 16.2. The Hall–Kier alpha value is -3.55. The van der Waals surface area contributed by atoms with Crippen LogP contribution in [-0.2, 0) is 0 Å². The van der Waals surface area contributed by atoms with Gasteiger partial charge in [-0.2, -0.15) is 5.10 Å². The van der Waals surface area contributed by atoms with Crippen molar-refractivity contribution in [1.29, 1.82) is 0 Å². The zero-order valence-electron chi connectivity index (χ0n) is 11.8. The SMILES string of the molecule is O=C(NN=Cc1nc2ccccc2[nH]1)c1ccc([N+](=O)[O-])cc1. The van der Waals surface area contributed by atoms with E-state index in [1.165, 1.54) is 30.5 Å². The molecule has 0 fully saturated rings. The Balaban J connectivity index is 1.67. The third-order valence-corrected chi connectivity index (χ3v) is 3.10. The van der Waals surface area contributed by atoms with Gasteiger partial charge in [0.25, 0.3) is 11.6 Å². The minimum Gasteiger partial charge on any atom is -0.337 e. The summed E-state index contributed by atoms with van der Waals surface area (Å²) in [4.78, 5) is 29.2. The van der Waals surface area contributed by atoms with Crippen molar-refractivity contribution in [2.24, 2.45) is 5.10 Å². The smallest absolute Gasteiger partial charge is 0.271 e. The molecule has 2 aromatic carbocycles. The Morgan fingerprint density at radius 1 is 1.22 bits per heavy atom. The maximum Gasteiger partial charge on any atom is 0.271 e. The zero-order valence-corrected chi connectivity index (χ0v) is 11.8. The predicted octanol–water partition coefficient (Wildman–Crippen LogP) is 2.24. The highest BCUT2D eigenvalue weighted by Crippen LogP contribution is 2.12. The Kier molecular flexibility index (Phi) is 3.79. The lowest BCUT2D eigenvalue weighted by molar-refractivity contribution is -0.384. The molecule has 0 saturated heterocycles. The van der Waals surface area contributed by atoms with Crippen molar-refractivity contribution >= 4 is 28.8 Å². The van der Waals surface area contributed by atoms with Crippen LogP contribution in [-0.4, -0.2) is 27.0 Å². The van der Waals surface area contributed by atoms with E-state index in [1.54, 1.807) is 0 Å². The van der Waals surface area contributed by atoms with E-state index in [0.29, 0.717) is 5.82 Å². The van der Waals surface area contributed by atoms with E-state index in [4.69, 9.17) is 0 Å². The summed E-state index contributed by atoms with van der Waals surface area (Å²) in [5, 5.41) is 14.4. The monoisotopic (exact) mass is 309 g/mol. The van der Waals surface area contributed by atoms with Gasteiger partial charge in [0.05, 0.1) is 22.2 Å². The van der Waals surface area contributed by atoms with Gasteiger partial charge in [0, 0.05) is 17.7 Å². The first-order valence-electron chi connectivity index (χ1n) is 6.66. The number of nitro groups is 1. The van der Waals surface area contributed by atoms with Gasteiger partial charge in [-0.25, -0.2) is 10.4 Å². The Morgan fingerprint density at radius 2 is 1.96 bits per heavy atom. The summed E-state index contributed by atoms with van der Waals surface area (Å²) >= 11 is 0. The molecule has 8 nitrogen and oxygen atoms in total. The number of H-pyrrole nitrogens is 1. The number of nitro benzene ring substituents is 1. The summed E-state index contributed by atoms with van der Waals surface area (Å²) in [5.74, 6) is 0.0439. The number of hydrogen-bond donors (Lipinski definition) is 2. The van der Waals surface area contributed by atoms with Crippen LogP contribution < -0.4 is 5.43 Å². The van der Waals surface area contributed by atoms with Gasteiger partial charge >= 0.3 is 0 Å². The van der Waals surface area contributed by atoms with E-state index < -0.39 is 10.8 Å². The van der Waals surface area contributed by atoms with Crippen LogP contribution in [0, 0.1) is 10.1 Å². The molecule has 2 N–H and O–H groups in total. The number of carbonyl (C=O) groups excluding carboxylic acids is 1. The topological polar surface area (TPSA) is 113 Å². The molecule has 0 radical (unpaired) electrons. The first kappa shape index (κ1) is 14.4. The molecule has 0 spiro atoms. The number of non-ortho nitro benzene ring substituents is 1. The lowest BCUT2D eigenvalue weighted by atomic mass is 10.2. The largest absolute Gasteiger partial charge is 0.337 e. The van der Waals surface area contributed by atoms with E-state index in [1.807, 2.05) is 24.3 Å². The molecule has 1 heterocycles. The number of aromatic amines is 1. The summed E-state index contributed by atoms with van der Waals surface area (Å²) in [6.07, 6.45) is 1.39. The van der Waals surface area contributed by atoms with Gasteiger partial charge < -0.3 is 4.98 Å². The lowest BCUT2D eigenvalue weighted by Crippen LogP contribution is -2.17. The van der Waals surface area contributed by atoms with E-state index in [-0.39, 0.29) is 11.3 Å². The summed E-state index contributed by atoms with van der Waals surface area (Å²) in [6.45, 7) is 0. The van der Waals surface area contributed by atoms with Crippen LogP contribution >= 0.6 is 0 Å². The molecule has 0 atom stereocenters. The number of nitrogens with zero attached hydrogens (tertiary/aromatic N) is 3. The van der Waals surface area contributed by atoms with Crippen molar-refractivity contribution in [3.8, 4) is 0 Å². The number of imidazole rings is 1. The molecule has 0 aliphatic carbocycles. The summed E-state index contributed by atoms with van der Waals surface area (Å²) < 4.78 is 0. The number of aromatic nitrogens is 2. The van der Waals surface area contributed by atoms with Crippen LogP contribution in [0.1, 0.15) is 16.2 Å². The number of para-hydroxylation sites is 2. The number of fused-ring (bicyclic) bond motifs is 1. The number of carbonyl (C=O) groups is 1. The highest BCUT2D eigenvalue weighted by molar-refractivity contribution is 5.95. The fraction of sp³-hybridized carbons (Fsp3) is 0. The van der Waals surface area contributed by atoms with E-state index in [2.05, 4.69) is 20.5 Å². The van der Waals surface area contributed by atoms with Crippen LogP contribution in [0.25, 0.3) is 11.0 Å². The molecule has 23 heavy (non-hydrogen) atoms. The van der Waals surface area contributed by atoms with Crippen molar-refractivity contribution in [2.75, 3.05) is 0 Å². The second-order valence-corrected chi connectivity index (χ2v) is 4.64. The van der Waals surface area contributed by atoms with Gasteiger partial charge in [-0.15, -0.1) is 0 Å². The summed E-state index contributed by atoms with van der Waals surface area (Å²) in [5.41, 5.74) is 4.21. The van der Waals surface area contributed by atoms with Gasteiger partial charge in [-0.05, 0) is 24.3 Å². The maximum atomic E-state index is 11.9. The minimum atomic E-state index is -0.526. The fourth-order valence-corrected chi connectivity index (χ4v) is 1.98. The number of hydrogen-bond acceptors (Lipinski definition) is 5. The second-order valence-electron chi connectivity index (χ2n) is 4.64. The van der Waals surface area contributed by atoms with E-state index >= 15 is 0 Å². The molecular weight excluding hydrogens is 298 g/mol. The van der Waals surface area contributed by atoms with Gasteiger partial charge in [-0.1, -0.05) is 12.1 Å². The number of rotatable bonds is 4. The highest BCUT2D eigenvalue weighted by Gasteiger charge is 2.08. The van der Waals surface area contributed by atoms with Gasteiger partial charge in [0.15, 0.2) is 5.82 Å². The molecule has 0 aliphatic rings. The normalized spacial score (nSPS) is 11.0. The summed E-state index contributed by atoms with van der Waals surface area (Å²) in [7, 11) is 0. The molecular formula is C15H11N5O3. The quantitative estimate of drug-likeness (QED) is 0.437. The van der Waals surface area contributed by atoms with Gasteiger partial charge in [-0.3, -0.25) is 14.9 Å². The van der Waals surface area contributed by atoms with Crippen LogP contribution in [0.4, 0.5) is 5.69 Å². The molecule has 3 rings (SSSR count). The Bertz CT molecular complexity index is 866. The third-order valence-electron chi connectivity index (χ3n) is 3.10. The molecule has 0 unspecified atom stereocenters. The summed E-state index contributed by atoms with van der Waals surface area (Å²) in [6, 6.07) is 12.8. The fourth-order valence-electron chi connectivity index (χ4n) is 1.98. The van der Waals surface area contributed by atoms with Crippen LogP contribution in [0.5, 0.6) is 0 Å². The number of benzene rings is 2. The minimum absolute atomic E-state index is 0.0765. The molecule has 114 valence electrons. The molecule has 8 heteroatoms. The number of nitrogens with one attached hydrogen (secondary N) is 2. The predicted molar refractivity (Wildman–Crippen MR) is 84.3 cm³/mol. The van der Waals surface area contributed by atoms with Crippen molar-refractivity contribution in [3.05, 3.63) is 70.0 Å². The van der Waals surface area contributed by atoms with Crippen LogP contribution in [0.3, 0.4) is 0 Å². The highest BCUT2D eigenvalue weighted by atomic mass is 16.6. The Labute approximate surface area is 130 Å². The van der Waals surface area contributed by atoms with Crippen LogP contribution in [0.15, 0.2) is 53.6 Å². The number of hydrazone groups is 1. The molecule has 3 aromatic rings. The first-order valence-corrected chi connectivity index (χ1v) is 6.66. The molecule has 1 amide bonds. The molecule has 1 aromatic heterocycles. The first-order chi connectivity index (χ1) is 11.1. The Morgan fingerprint density at radius 3 is 2.65 bits per heavy atom. The molecule has 0 saturated carbocycles. The van der Waals surface area contributed by atoms with Crippen LogP contribution in [0.2, 0.25) is 0 Å². The third kappa shape index (κ3) is 3.21. The number of amides is 1. The van der Waals surface area contributed by atoms with Gasteiger partial charge in [0.2, 0.25) is 0 Å². The van der Waals surface area contributed by atoms with Gasteiger partial charge in [0.1, 0.15) is 0 Å². The van der Waals surface area contributed by atoms with E-state index in [9.17, 15) is 14.9 Å². The van der Waals surface area contributed by atoms with Crippen molar-refractivity contribution in [1.82, 2.24) is 15.4 Å². The lowest BCUT2D eigenvalue weighted by Gasteiger charge is -1.98. The van der Waals surface area contributed by atoms with Crippen molar-refractivity contribution < 1.29 is 9.72 Å². The van der Waals surface area contributed by atoms with E-state index in [0.717, 1.165) is 11.0 Å². The van der Waals surface area contributed by atoms with Crippen molar-refractivity contribution in [3.63, 3.8) is 0 Å². The molecule has 0 aliphatic heterocycles. The standard InChI is InChI=1S/C15H11N5O3/c21-15(10-5-7-11(8-6-10)20(22)23)19-16-9-14-17-12-3-1-2-4-13(12)18-14/h1-9H,(H,17,18)(H,19,21). The maximum absolute atomic E-state index is 11.9. The van der Waals surface area contributed by atoms with Crippen molar-refractivity contribution in [2.45, 2.75) is 0 Å².